The molecule has 2 aromatic carbocycles. The van der Waals surface area contributed by atoms with Gasteiger partial charge >= 0.3 is 6.18 Å². The lowest BCUT2D eigenvalue weighted by Crippen LogP contribution is -2.05. The summed E-state index contributed by atoms with van der Waals surface area (Å²) in [5, 5.41) is 9.53. The number of alkyl halides is 3. The maximum absolute atomic E-state index is 12.9. The van der Waals surface area contributed by atoms with Crippen LogP contribution in [-0.4, -0.2) is 27.3 Å². The fourth-order valence-corrected chi connectivity index (χ4v) is 2.73. The van der Waals surface area contributed by atoms with Crippen LogP contribution in [0.5, 0.6) is 17.4 Å². The van der Waals surface area contributed by atoms with E-state index in [0.717, 1.165) is 17.7 Å². The Labute approximate surface area is 174 Å². The first-order valence-electron chi connectivity index (χ1n) is 9.06. The van der Waals surface area contributed by atoms with Gasteiger partial charge < -0.3 is 14.8 Å². The molecule has 0 atom stereocenters. The summed E-state index contributed by atoms with van der Waals surface area (Å²) in [6, 6.07) is 15.3. The predicted molar refractivity (Wildman–Crippen MR) is 107 cm³/mol. The maximum Gasteiger partial charge on any atom is 0.416 e. The van der Waals surface area contributed by atoms with Crippen LogP contribution in [0.25, 0.3) is 11.4 Å². The van der Waals surface area contributed by atoms with Gasteiger partial charge in [-0.15, -0.1) is 5.10 Å². The molecule has 2 heterocycles. The topological polar surface area (TPSA) is 85.0 Å². The molecular weight excluding hydrogens is 411 g/mol. The van der Waals surface area contributed by atoms with E-state index in [2.05, 4.69) is 25.5 Å². The first-order valence-corrected chi connectivity index (χ1v) is 9.06. The summed E-state index contributed by atoms with van der Waals surface area (Å²) < 4.78 is 49.4. The molecule has 158 valence electrons. The predicted octanol–water partition coefficient (Wildman–Crippen LogP) is 5.43. The second-order valence-corrected chi connectivity index (χ2v) is 6.37. The molecule has 0 aliphatic heterocycles. The molecule has 0 radical (unpaired) electrons. The highest BCUT2D eigenvalue weighted by Gasteiger charge is 2.30. The van der Waals surface area contributed by atoms with E-state index in [9.17, 15) is 13.2 Å². The van der Waals surface area contributed by atoms with E-state index in [1.54, 1.807) is 42.6 Å². The van der Waals surface area contributed by atoms with Gasteiger partial charge in [-0.2, -0.15) is 18.2 Å². The molecular formula is C21H16F3N5O2. The van der Waals surface area contributed by atoms with Crippen molar-refractivity contribution in [3.05, 3.63) is 72.4 Å². The number of benzene rings is 2. The molecule has 2 aromatic heterocycles. The molecule has 0 saturated heterocycles. The van der Waals surface area contributed by atoms with Gasteiger partial charge in [0, 0.05) is 23.5 Å². The zero-order chi connectivity index (χ0) is 21.8. The average Bonchev–Trinajstić information content (AvgIpc) is 3.22. The molecule has 31 heavy (non-hydrogen) atoms. The van der Waals surface area contributed by atoms with Gasteiger partial charge in [-0.25, -0.2) is 4.98 Å². The first-order chi connectivity index (χ1) is 14.9. The first kappa shape index (κ1) is 20.2. The molecule has 4 rings (SSSR count). The SMILES string of the molecule is COc1cc(Oc2ccc(-c3nc(Nc4cccc(C(F)(F)F)c4)n[nH]3)cc2)ccn1. The summed E-state index contributed by atoms with van der Waals surface area (Å²) in [6.45, 7) is 0. The van der Waals surface area contributed by atoms with Gasteiger partial charge in [0.1, 0.15) is 11.5 Å². The molecule has 0 bridgehead atoms. The smallest absolute Gasteiger partial charge is 0.416 e. The van der Waals surface area contributed by atoms with E-state index in [1.807, 2.05) is 0 Å². The number of nitrogens with zero attached hydrogens (tertiary/aromatic N) is 3. The molecule has 4 aromatic rings. The highest BCUT2D eigenvalue weighted by Crippen LogP contribution is 2.31. The van der Waals surface area contributed by atoms with Crippen LogP contribution < -0.4 is 14.8 Å². The zero-order valence-electron chi connectivity index (χ0n) is 16.1. The second kappa shape index (κ2) is 8.34. The summed E-state index contributed by atoms with van der Waals surface area (Å²) in [5.74, 6) is 2.22. The molecule has 0 aliphatic carbocycles. The standard InChI is InChI=1S/C21H16F3N5O2/c1-30-18-12-17(9-10-25-18)31-16-7-5-13(6-8-16)19-27-20(29-28-19)26-15-4-2-3-14(11-15)21(22,23)24/h2-12H,1H3,(H2,26,27,28,29). The van der Waals surface area contributed by atoms with Crippen molar-refractivity contribution in [3.8, 4) is 28.8 Å². The number of pyridine rings is 1. The van der Waals surface area contributed by atoms with Crippen molar-refractivity contribution in [2.45, 2.75) is 6.18 Å². The van der Waals surface area contributed by atoms with E-state index in [1.165, 1.54) is 19.2 Å². The van der Waals surface area contributed by atoms with Gasteiger partial charge in [0.2, 0.25) is 11.8 Å². The van der Waals surface area contributed by atoms with E-state index < -0.39 is 11.7 Å². The third kappa shape index (κ3) is 4.92. The van der Waals surface area contributed by atoms with Crippen LogP contribution in [0.15, 0.2) is 66.9 Å². The van der Waals surface area contributed by atoms with E-state index >= 15 is 0 Å². The normalized spacial score (nSPS) is 11.2. The number of nitrogens with one attached hydrogen (secondary N) is 2. The quantitative estimate of drug-likeness (QED) is 0.427. The molecule has 0 saturated carbocycles. The van der Waals surface area contributed by atoms with Crippen molar-refractivity contribution in [3.63, 3.8) is 0 Å². The highest BCUT2D eigenvalue weighted by atomic mass is 19.4. The molecule has 0 amide bonds. The molecule has 2 N–H and O–H groups in total. The second-order valence-electron chi connectivity index (χ2n) is 6.37. The van der Waals surface area contributed by atoms with E-state index in [4.69, 9.17) is 9.47 Å². The fraction of sp³-hybridized carbons (Fsp3) is 0.0952. The lowest BCUT2D eigenvalue weighted by Gasteiger charge is -2.08. The lowest BCUT2D eigenvalue weighted by atomic mass is 10.2. The van der Waals surface area contributed by atoms with Crippen LogP contribution in [0, 0.1) is 0 Å². The number of aromatic amines is 1. The molecule has 10 heteroatoms. The number of anilines is 2. The number of rotatable bonds is 6. The fourth-order valence-electron chi connectivity index (χ4n) is 2.73. The van der Waals surface area contributed by atoms with Gasteiger partial charge in [-0.3, -0.25) is 5.10 Å². The van der Waals surface area contributed by atoms with Crippen molar-refractivity contribution in [1.82, 2.24) is 20.2 Å². The van der Waals surface area contributed by atoms with Crippen LogP contribution in [0.2, 0.25) is 0 Å². The minimum Gasteiger partial charge on any atom is -0.481 e. The Kier molecular flexibility index (Phi) is 5.44. The van der Waals surface area contributed by atoms with Crippen molar-refractivity contribution in [1.29, 1.82) is 0 Å². The molecule has 7 nitrogen and oxygen atoms in total. The van der Waals surface area contributed by atoms with E-state index in [0.29, 0.717) is 23.2 Å². The number of methoxy groups -OCH3 is 1. The molecule has 0 spiro atoms. The van der Waals surface area contributed by atoms with Gasteiger partial charge in [0.25, 0.3) is 0 Å². The van der Waals surface area contributed by atoms with Gasteiger partial charge in [-0.1, -0.05) is 6.07 Å². The van der Waals surface area contributed by atoms with Gasteiger partial charge in [-0.05, 0) is 48.5 Å². The number of hydrogen-bond donors (Lipinski definition) is 2. The Bertz CT molecular complexity index is 1180. The Balaban J connectivity index is 1.45. The lowest BCUT2D eigenvalue weighted by molar-refractivity contribution is -0.137. The maximum atomic E-state index is 12.9. The summed E-state index contributed by atoms with van der Waals surface area (Å²) in [4.78, 5) is 8.30. The van der Waals surface area contributed by atoms with Crippen LogP contribution in [-0.2, 0) is 6.18 Å². The Morgan fingerprint density at radius 2 is 1.77 bits per heavy atom. The molecule has 0 aliphatic rings. The monoisotopic (exact) mass is 427 g/mol. The average molecular weight is 427 g/mol. The third-order valence-corrected chi connectivity index (χ3v) is 4.21. The molecule has 0 fully saturated rings. The number of halogens is 3. The highest BCUT2D eigenvalue weighted by molar-refractivity contribution is 5.60. The van der Waals surface area contributed by atoms with E-state index in [-0.39, 0.29) is 11.6 Å². The Morgan fingerprint density at radius 3 is 2.52 bits per heavy atom. The minimum absolute atomic E-state index is 0.151. The van der Waals surface area contributed by atoms with Crippen molar-refractivity contribution in [2.24, 2.45) is 0 Å². The molecule has 0 unspecified atom stereocenters. The zero-order valence-corrected chi connectivity index (χ0v) is 16.1. The Morgan fingerprint density at radius 1 is 0.968 bits per heavy atom. The van der Waals surface area contributed by atoms with Crippen LogP contribution >= 0.6 is 0 Å². The van der Waals surface area contributed by atoms with Crippen molar-refractivity contribution < 1.29 is 22.6 Å². The number of hydrogen-bond acceptors (Lipinski definition) is 6. The van der Waals surface area contributed by atoms with Crippen LogP contribution in [0.4, 0.5) is 24.8 Å². The third-order valence-electron chi connectivity index (χ3n) is 4.21. The van der Waals surface area contributed by atoms with Gasteiger partial charge in [0.05, 0.1) is 12.7 Å². The Hall–Kier alpha value is -4.08. The van der Waals surface area contributed by atoms with Crippen molar-refractivity contribution in [2.75, 3.05) is 12.4 Å². The van der Waals surface area contributed by atoms with Crippen LogP contribution in [0.1, 0.15) is 5.56 Å². The largest absolute Gasteiger partial charge is 0.481 e. The van der Waals surface area contributed by atoms with Crippen molar-refractivity contribution >= 4 is 11.6 Å². The summed E-state index contributed by atoms with van der Waals surface area (Å²) in [7, 11) is 1.52. The number of aromatic nitrogens is 4. The summed E-state index contributed by atoms with van der Waals surface area (Å²) in [6.07, 6.45) is -2.84. The number of H-pyrrole nitrogens is 1. The van der Waals surface area contributed by atoms with Gasteiger partial charge in [0.15, 0.2) is 5.82 Å². The number of ether oxygens (including phenoxy) is 2. The summed E-state index contributed by atoms with van der Waals surface area (Å²) >= 11 is 0. The summed E-state index contributed by atoms with van der Waals surface area (Å²) in [5.41, 5.74) is 0.205. The van der Waals surface area contributed by atoms with Crippen LogP contribution in [0.3, 0.4) is 0 Å². The minimum atomic E-state index is -4.42.